The zero-order valence-corrected chi connectivity index (χ0v) is 11.1. The Kier molecular flexibility index (Phi) is 2.99. The number of fused-ring (bicyclic) bond motifs is 1. The molecule has 0 radical (unpaired) electrons. The van der Waals surface area contributed by atoms with Crippen molar-refractivity contribution in [1.82, 2.24) is 4.98 Å². The van der Waals surface area contributed by atoms with Gasteiger partial charge in [-0.1, -0.05) is 12.1 Å². The van der Waals surface area contributed by atoms with Gasteiger partial charge in [0.25, 0.3) is 0 Å². The maximum atomic E-state index is 5.49. The molecule has 98 valence electrons. The minimum absolute atomic E-state index is 0.303. The van der Waals surface area contributed by atoms with Crippen molar-refractivity contribution in [2.45, 2.75) is 20.4 Å². The summed E-state index contributed by atoms with van der Waals surface area (Å²) in [6.07, 6.45) is 0. The van der Waals surface area contributed by atoms with Gasteiger partial charge in [0, 0.05) is 17.8 Å². The highest BCUT2D eigenvalue weighted by molar-refractivity contribution is 5.52. The van der Waals surface area contributed by atoms with Crippen molar-refractivity contribution < 1.29 is 9.47 Å². The molecule has 4 nitrogen and oxygen atoms in total. The molecule has 1 N–H and O–H groups in total. The Labute approximate surface area is 112 Å². The summed E-state index contributed by atoms with van der Waals surface area (Å²) in [4.78, 5) is 4.44. The maximum Gasteiger partial charge on any atom is 0.231 e. The number of aryl methyl sites for hydroxylation is 2. The first-order valence-electron chi connectivity index (χ1n) is 6.29. The number of hydrogen-bond donors (Lipinski definition) is 1. The Balaban J connectivity index is 1.78. The molecule has 3 rings (SSSR count). The Morgan fingerprint density at radius 2 is 2.05 bits per heavy atom. The van der Waals surface area contributed by atoms with Gasteiger partial charge in [0.15, 0.2) is 11.5 Å². The molecule has 0 bridgehead atoms. The molecule has 1 aromatic heterocycles. The van der Waals surface area contributed by atoms with Gasteiger partial charge in [-0.05, 0) is 32.0 Å². The van der Waals surface area contributed by atoms with E-state index in [1.807, 2.05) is 38.1 Å². The number of rotatable bonds is 3. The molecule has 0 spiro atoms. The van der Waals surface area contributed by atoms with Gasteiger partial charge in [-0.3, -0.25) is 4.98 Å². The molecule has 4 heteroatoms. The molecule has 0 atom stereocenters. The Hall–Kier alpha value is -2.23. The Bertz CT molecular complexity index is 611. The number of aromatic nitrogens is 1. The molecule has 19 heavy (non-hydrogen) atoms. The summed E-state index contributed by atoms with van der Waals surface area (Å²) in [5, 5.41) is 3.39. The number of ether oxygens (including phenoxy) is 2. The topological polar surface area (TPSA) is 43.4 Å². The first kappa shape index (κ1) is 11.8. The molecule has 0 aliphatic carbocycles. The number of benzene rings is 1. The first-order valence-corrected chi connectivity index (χ1v) is 6.29. The molecule has 1 aliphatic rings. The molecular formula is C15H16N2O2. The van der Waals surface area contributed by atoms with Gasteiger partial charge in [0.05, 0.1) is 11.4 Å². The van der Waals surface area contributed by atoms with Crippen LogP contribution in [0.3, 0.4) is 0 Å². The van der Waals surface area contributed by atoms with Crippen LogP contribution in [0.1, 0.15) is 17.0 Å². The summed E-state index contributed by atoms with van der Waals surface area (Å²) >= 11 is 0. The summed E-state index contributed by atoms with van der Waals surface area (Å²) in [5.41, 5.74) is 4.17. The molecule has 0 unspecified atom stereocenters. The fourth-order valence-electron chi connectivity index (χ4n) is 2.19. The van der Waals surface area contributed by atoms with E-state index in [9.17, 15) is 0 Å². The average molecular weight is 256 g/mol. The van der Waals surface area contributed by atoms with Crippen LogP contribution in [0, 0.1) is 13.8 Å². The molecule has 2 heterocycles. The van der Waals surface area contributed by atoms with E-state index in [-0.39, 0.29) is 0 Å². The van der Waals surface area contributed by atoms with Crippen molar-refractivity contribution in [2.24, 2.45) is 0 Å². The largest absolute Gasteiger partial charge is 0.454 e. The Morgan fingerprint density at radius 3 is 2.89 bits per heavy atom. The van der Waals surface area contributed by atoms with Crippen molar-refractivity contribution in [1.29, 1.82) is 0 Å². The number of para-hydroxylation sites is 1. The minimum Gasteiger partial charge on any atom is -0.454 e. The summed E-state index contributed by atoms with van der Waals surface area (Å²) in [7, 11) is 0. The normalized spacial score (nSPS) is 12.5. The SMILES string of the molecule is Cc1ccc(NCc2cccc3c2OCO3)c(C)n1. The third-order valence-electron chi connectivity index (χ3n) is 3.17. The molecule has 0 fully saturated rings. The molecule has 2 aromatic rings. The van der Waals surface area contributed by atoms with E-state index in [2.05, 4.69) is 16.4 Å². The summed E-state index contributed by atoms with van der Waals surface area (Å²) in [5.74, 6) is 1.66. The second-order valence-electron chi connectivity index (χ2n) is 4.59. The summed E-state index contributed by atoms with van der Waals surface area (Å²) in [6, 6.07) is 10.00. The van der Waals surface area contributed by atoms with Crippen LogP contribution in [0.15, 0.2) is 30.3 Å². The molecule has 0 amide bonds. The Morgan fingerprint density at radius 1 is 1.16 bits per heavy atom. The third-order valence-corrected chi connectivity index (χ3v) is 3.17. The lowest BCUT2D eigenvalue weighted by Gasteiger charge is -2.11. The van der Waals surface area contributed by atoms with Gasteiger partial charge >= 0.3 is 0 Å². The fourth-order valence-corrected chi connectivity index (χ4v) is 2.19. The van der Waals surface area contributed by atoms with Gasteiger partial charge < -0.3 is 14.8 Å². The summed E-state index contributed by atoms with van der Waals surface area (Å²) < 4.78 is 10.9. The van der Waals surface area contributed by atoms with Crippen molar-refractivity contribution in [3.63, 3.8) is 0 Å². The van der Waals surface area contributed by atoms with E-state index in [4.69, 9.17) is 9.47 Å². The highest BCUT2D eigenvalue weighted by Gasteiger charge is 2.16. The van der Waals surface area contributed by atoms with Crippen molar-refractivity contribution >= 4 is 5.69 Å². The van der Waals surface area contributed by atoms with E-state index in [1.54, 1.807) is 0 Å². The number of nitrogens with one attached hydrogen (secondary N) is 1. The number of nitrogens with zero attached hydrogens (tertiary/aromatic N) is 1. The van der Waals surface area contributed by atoms with Crippen LogP contribution in [0.25, 0.3) is 0 Å². The van der Waals surface area contributed by atoms with Crippen LogP contribution in [0.2, 0.25) is 0 Å². The lowest BCUT2D eigenvalue weighted by atomic mass is 10.1. The van der Waals surface area contributed by atoms with Crippen LogP contribution in [0.5, 0.6) is 11.5 Å². The zero-order chi connectivity index (χ0) is 13.2. The number of pyridine rings is 1. The van der Waals surface area contributed by atoms with Gasteiger partial charge in [-0.15, -0.1) is 0 Å². The standard InChI is InChI=1S/C15H16N2O2/c1-10-6-7-13(11(2)17-10)16-8-12-4-3-5-14-15(12)19-9-18-14/h3-7,16H,8-9H2,1-2H3. The van der Waals surface area contributed by atoms with E-state index >= 15 is 0 Å². The van der Waals surface area contributed by atoms with Crippen molar-refractivity contribution in [2.75, 3.05) is 12.1 Å². The van der Waals surface area contributed by atoms with E-state index in [1.165, 1.54) is 0 Å². The number of anilines is 1. The monoisotopic (exact) mass is 256 g/mol. The third kappa shape index (κ3) is 2.34. The zero-order valence-electron chi connectivity index (χ0n) is 11.1. The van der Waals surface area contributed by atoms with Gasteiger partial charge in [-0.25, -0.2) is 0 Å². The lowest BCUT2D eigenvalue weighted by molar-refractivity contribution is 0.173. The van der Waals surface area contributed by atoms with Gasteiger partial charge in [-0.2, -0.15) is 0 Å². The maximum absolute atomic E-state index is 5.49. The van der Waals surface area contributed by atoms with Crippen molar-refractivity contribution in [3.05, 3.63) is 47.3 Å². The van der Waals surface area contributed by atoms with E-state index in [0.29, 0.717) is 13.3 Å². The molecule has 0 saturated carbocycles. The quantitative estimate of drug-likeness (QED) is 0.916. The van der Waals surface area contributed by atoms with Crippen molar-refractivity contribution in [3.8, 4) is 11.5 Å². The molecule has 1 aromatic carbocycles. The highest BCUT2D eigenvalue weighted by Crippen LogP contribution is 2.35. The summed E-state index contributed by atoms with van der Waals surface area (Å²) in [6.45, 7) is 4.99. The van der Waals surface area contributed by atoms with Gasteiger partial charge in [0.2, 0.25) is 6.79 Å². The van der Waals surface area contributed by atoms with Gasteiger partial charge in [0.1, 0.15) is 0 Å². The van der Waals surface area contributed by atoms with Crippen LogP contribution in [-0.4, -0.2) is 11.8 Å². The molecule has 0 saturated heterocycles. The van der Waals surface area contributed by atoms with Crippen LogP contribution >= 0.6 is 0 Å². The van der Waals surface area contributed by atoms with Crippen LogP contribution in [-0.2, 0) is 6.54 Å². The fraction of sp³-hybridized carbons (Fsp3) is 0.267. The van der Waals surface area contributed by atoms with Crippen LogP contribution < -0.4 is 14.8 Å². The van der Waals surface area contributed by atoms with E-state index in [0.717, 1.165) is 34.1 Å². The molecule has 1 aliphatic heterocycles. The second-order valence-corrected chi connectivity index (χ2v) is 4.59. The lowest BCUT2D eigenvalue weighted by Crippen LogP contribution is -2.03. The van der Waals surface area contributed by atoms with Crippen LogP contribution in [0.4, 0.5) is 5.69 Å². The second kappa shape index (κ2) is 4.80. The smallest absolute Gasteiger partial charge is 0.231 e. The minimum atomic E-state index is 0.303. The highest BCUT2D eigenvalue weighted by atomic mass is 16.7. The number of hydrogen-bond acceptors (Lipinski definition) is 4. The van der Waals surface area contributed by atoms with E-state index < -0.39 is 0 Å². The average Bonchev–Trinajstić information content (AvgIpc) is 2.86. The molecular weight excluding hydrogens is 240 g/mol. The predicted octanol–water partition coefficient (Wildman–Crippen LogP) is 3.04. The first-order chi connectivity index (χ1) is 9.24. The predicted molar refractivity (Wildman–Crippen MR) is 73.6 cm³/mol.